The fraction of sp³-hybridized carbons (Fsp3) is 0.417. The zero-order chi connectivity index (χ0) is 20.1. The Morgan fingerprint density at radius 2 is 1.83 bits per heavy atom. The summed E-state index contributed by atoms with van der Waals surface area (Å²) in [5.41, 5.74) is 4.82. The fourth-order valence-corrected chi connectivity index (χ4v) is 4.17. The summed E-state index contributed by atoms with van der Waals surface area (Å²) in [6.07, 6.45) is 7.10. The highest BCUT2D eigenvalue weighted by molar-refractivity contribution is 6.04. The molecule has 1 saturated heterocycles. The first-order valence-electron chi connectivity index (χ1n) is 10.6. The summed E-state index contributed by atoms with van der Waals surface area (Å²) < 4.78 is 5.56. The second-order valence-electron chi connectivity index (χ2n) is 7.93. The van der Waals surface area contributed by atoms with Crippen LogP contribution in [0.2, 0.25) is 0 Å². The Labute approximate surface area is 171 Å². The van der Waals surface area contributed by atoms with Crippen molar-refractivity contribution in [1.29, 1.82) is 0 Å². The van der Waals surface area contributed by atoms with Gasteiger partial charge in [0.15, 0.2) is 0 Å². The zero-order valence-electron chi connectivity index (χ0n) is 16.7. The molecule has 4 rings (SSSR count). The van der Waals surface area contributed by atoms with Crippen LogP contribution < -0.4 is 10.6 Å². The lowest BCUT2D eigenvalue weighted by molar-refractivity contribution is -0.115. The van der Waals surface area contributed by atoms with Gasteiger partial charge in [-0.15, -0.1) is 0 Å². The maximum atomic E-state index is 12.6. The minimum atomic E-state index is -0.190. The highest BCUT2D eigenvalue weighted by Crippen LogP contribution is 2.23. The van der Waals surface area contributed by atoms with Crippen molar-refractivity contribution in [2.75, 3.05) is 18.5 Å². The third kappa shape index (κ3) is 5.04. The van der Waals surface area contributed by atoms with Gasteiger partial charge in [0.1, 0.15) is 0 Å². The average molecular weight is 392 g/mol. The number of amides is 2. The highest BCUT2D eigenvalue weighted by Gasteiger charge is 2.19. The van der Waals surface area contributed by atoms with Crippen molar-refractivity contribution in [2.24, 2.45) is 0 Å². The SMILES string of the molecule is O=C(Cc1ccc2c(c1)CCCC2)Nc1ccccc1C(=O)NCC1CCCO1. The van der Waals surface area contributed by atoms with E-state index >= 15 is 0 Å². The Bertz CT molecular complexity index is 887. The summed E-state index contributed by atoms with van der Waals surface area (Å²) in [5.74, 6) is -0.301. The number of fused-ring (bicyclic) bond motifs is 1. The van der Waals surface area contributed by atoms with Crippen LogP contribution in [-0.4, -0.2) is 31.1 Å². The number of nitrogens with one attached hydrogen (secondary N) is 2. The van der Waals surface area contributed by atoms with Crippen molar-refractivity contribution < 1.29 is 14.3 Å². The predicted octanol–water partition coefficient (Wildman–Crippen LogP) is 3.66. The molecule has 1 unspecified atom stereocenters. The number of carbonyl (C=O) groups excluding carboxylic acids is 2. The van der Waals surface area contributed by atoms with Crippen molar-refractivity contribution in [3.05, 3.63) is 64.7 Å². The molecule has 2 amide bonds. The van der Waals surface area contributed by atoms with Gasteiger partial charge in [-0.25, -0.2) is 0 Å². The molecule has 0 saturated carbocycles. The van der Waals surface area contributed by atoms with Crippen LogP contribution in [-0.2, 0) is 28.8 Å². The van der Waals surface area contributed by atoms with E-state index in [-0.39, 0.29) is 17.9 Å². The van der Waals surface area contributed by atoms with Gasteiger partial charge in [0.05, 0.1) is 23.8 Å². The number of para-hydroxylation sites is 1. The summed E-state index contributed by atoms with van der Waals surface area (Å²) in [7, 11) is 0. The van der Waals surface area contributed by atoms with E-state index in [1.54, 1.807) is 18.2 Å². The zero-order valence-corrected chi connectivity index (χ0v) is 16.7. The minimum absolute atomic E-state index is 0.0877. The molecule has 2 aliphatic rings. The monoisotopic (exact) mass is 392 g/mol. The first-order valence-corrected chi connectivity index (χ1v) is 10.6. The van der Waals surface area contributed by atoms with Crippen LogP contribution in [0.15, 0.2) is 42.5 Å². The molecular weight excluding hydrogens is 364 g/mol. The lowest BCUT2D eigenvalue weighted by atomic mass is 9.90. The lowest BCUT2D eigenvalue weighted by Crippen LogP contribution is -2.32. The number of anilines is 1. The summed E-state index contributed by atoms with van der Waals surface area (Å²) >= 11 is 0. The first kappa shape index (κ1) is 19.6. The molecule has 152 valence electrons. The summed E-state index contributed by atoms with van der Waals surface area (Å²) in [4.78, 5) is 25.2. The van der Waals surface area contributed by atoms with Crippen molar-refractivity contribution >= 4 is 17.5 Å². The predicted molar refractivity (Wildman–Crippen MR) is 113 cm³/mol. The minimum Gasteiger partial charge on any atom is -0.376 e. The van der Waals surface area contributed by atoms with Gasteiger partial charge in [0.25, 0.3) is 5.91 Å². The van der Waals surface area contributed by atoms with E-state index in [2.05, 4.69) is 22.8 Å². The van der Waals surface area contributed by atoms with E-state index in [9.17, 15) is 9.59 Å². The van der Waals surface area contributed by atoms with Gasteiger partial charge in [-0.3, -0.25) is 9.59 Å². The van der Waals surface area contributed by atoms with Gasteiger partial charge in [0, 0.05) is 13.2 Å². The largest absolute Gasteiger partial charge is 0.376 e. The van der Waals surface area contributed by atoms with Crippen molar-refractivity contribution in [2.45, 2.75) is 51.0 Å². The second-order valence-corrected chi connectivity index (χ2v) is 7.93. The van der Waals surface area contributed by atoms with E-state index in [4.69, 9.17) is 4.74 Å². The molecule has 1 aliphatic heterocycles. The van der Waals surface area contributed by atoms with Gasteiger partial charge in [-0.1, -0.05) is 30.3 Å². The smallest absolute Gasteiger partial charge is 0.253 e. The molecule has 5 nitrogen and oxygen atoms in total. The van der Waals surface area contributed by atoms with Crippen molar-refractivity contribution in [1.82, 2.24) is 5.32 Å². The van der Waals surface area contributed by atoms with Crippen LogP contribution in [0, 0.1) is 0 Å². The summed E-state index contributed by atoms with van der Waals surface area (Å²) in [5, 5.41) is 5.84. The van der Waals surface area contributed by atoms with Crippen LogP contribution >= 0.6 is 0 Å². The molecule has 0 spiro atoms. The topological polar surface area (TPSA) is 67.4 Å². The lowest BCUT2D eigenvalue weighted by Gasteiger charge is -2.17. The number of hydrogen-bond acceptors (Lipinski definition) is 3. The average Bonchev–Trinajstić information content (AvgIpc) is 3.26. The summed E-state index contributed by atoms with van der Waals surface area (Å²) in [6.45, 7) is 1.26. The molecule has 1 heterocycles. The molecule has 29 heavy (non-hydrogen) atoms. The molecule has 0 radical (unpaired) electrons. The molecule has 0 bridgehead atoms. The third-order valence-corrected chi connectivity index (χ3v) is 5.74. The normalized spacial score (nSPS) is 18.1. The Kier molecular flexibility index (Phi) is 6.25. The molecule has 1 atom stereocenters. The Morgan fingerprint density at radius 1 is 1.00 bits per heavy atom. The van der Waals surface area contributed by atoms with E-state index in [1.807, 2.05) is 12.1 Å². The maximum absolute atomic E-state index is 12.6. The van der Waals surface area contributed by atoms with Crippen LogP contribution in [0.1, 0.15) is 52.7 Å². The molecule has 2 N–H and O–H groups in total. The molecule has 5 heteroatoms. The number of carbonyl (C=O) groups is 2. The fourth-order valence-electron chi connectivity index (χ4n) is 4.17. The Hall–Kier alpha value is -2.66. The van der Waals surface area contributed by atoms with Gasteiger partial charge in [0.2, 0.25) is 5.91 Å². The van der Waals surface area contributed by atoms with Crippen molar-refractivity contribution in [3.63, 3.8) is 0 Å². The van der Waals surface area contributed by atoms with Crippen molar-refractivity contribution in [3.8, 4) is 0 Å². The molecule has 1 fully saturated rings. The maximum Gasteiger partial charge on any atom is 0.253 e. The van der Waals surface area contributed by atoms with Crippen LogP contribution in [0.25, 0.3) is 0 Å². The van der Waals surface area contributed by atoms with Gasteiger partial charge in [-0.2, -0.15) is 0 Å². The number of benzene rings is 2. The van der Waals surface area contributed by atoms with E-state index in [0.717, 1.165) is 37.9 Å². The quantitative estimate of drug-likeness (QED) is 0.788. The van der Waals surface area contributed by atoms with E-state index in [0.29, 0.717) is 24.2 Å². The number of ether oxygens (including phenoxy) is 1. The molecule has 0 aromatic heterocycles. The first-order chi connectivity index (χ1) is 14.2. The van der Waals surface area contributed by atoms with Gasteiger partial charge in [-0.05, 0) is 67.3 Å². The third-order valence-electron chi connectivity index (χ3n) is 5.74. The highest BCUT2D eigenvalue weighted by atomic mass is 16.5. The van der Waals surface area contributed by atoms with Crippen LogP contribution in [0.5, 0.6) is 0 Å². The van der Waals surface area contributed by atoms with Gasteiger partial charge >= 0.3 is 0 Å². The molecule has 1 aliphatic carbocycles. The number of hydrogen-bond donors (Lipinski definition) is 2. The van der Waals surface area contributed by atoms with Crippen LogP contribution in [0.3, 0.4) is 0 Å². The molecular formula is C24H28N2O3. The molecule has 2 aromatic rings. The van der Waals surface area contributed by atoms with Gasteiger partial charge < -0.3 is 15.4 Å². The number of rotatable bonds is 6. The van der Waals surface area contributed by atoms with E-state index < -0.39 is 0 Å². The Morgan fingerprint density at radius 3 is 2.66 bits per heavy atom. The van der Waals surface area contributed by atoms with Crippen LogP contribution in [0.4, 0.5) is 5.69 Å². The van der Waals surface area contributed by atoms with E-state index in [1.165, 1.54) is 24.0 Å². The number of aryl methyl sites for hydroxylation is 2. The Balaban J connectivity index is 1.38. The second kappa shape index (κ2) is 9.23. The molecule has 2 aromatic carbocycles. The summed E-state index contributed by atoms with van der Waals surface area (Å²) in [6, 6.07) is 13.5. The standard InChI is InChI=1S/C24H28N2O3/c27-23(15-17-11-12-18-6-1-2-7-19(18)14-17)26-22-10-4-3-9-21(22)24(28)25-16-20-8-5-13-29-20/h3-4,9-12,14,20H,1-2,5-8,13,15-16H2,(H,25,28)(H,26,27).